The molecule has 1 fully saturated rings. The number of hydrogen-bond acceptors (Lipinski definition) is 5. The van der Waals surface area contributed by atoms with Crippen LogP contribution in [-0.2, 0) is 19.1 Å². The van der Waals surface area contributed by atoms with Crippen LogP contribution in [0.5, 0.6) is 0 Å². The van der Waals surface area contributed by atoms with Gasteiger partial charge < -0.3 is 25.4 Å². The quantitative estimate of drug-likeness (QED) is 0.589. The Morgan fingerprint density at radius 1 is 1.09 bits per heavy atom. The number of rotatable bonds is 7. The molecule has 0 spiro atoms. The monoisotopic (exact) mass is 451 g/mol. The van der Waals surface area contributed by atoms with Crippen molar-refractivity contribution < 1.29 is 29.0 Å². The second kappa shape index (κ2) is 9.32. The lowest BCUT2D eigenvalue weighted by Gasteiger charge is -2.20. The van der Waals surface area contributed by atoms with E-state index in [9.17, 15) is 24.3 Å². The normalized spacial score (nSPS) is 17.8. The van der Waals surface area contributed by atoms with Gasteiger partial charge in [-0.3, -0.25) is 14.4 Å². The topological polar surface area (TPSA) is 125 Å². The number of nitrogens with zero attached hydrogens (tertiary/aromatic N) is 1. The number of carboxylic acid groups (broad SMARTS) is 1. The van der Waals surface area contributed by atoms with Crippen molar-refractivity contribution in [2.75, 3.05) is 20.2 Å². The van der Waals surface area contributed by atoms with Crippen LogP contribution in [0.4, 0.5) is 4.79 Å². The van der Waals surface area contributed by atoms with Crippen molar-refractivity contribution in [1.29, 1.82) is 0 Å². The maximum absolute atomic E-state index is 12.6. The van der Waals surface area contributed by atoms with Gasteiger partial charge in [-0.2, -0.15) is 0 Å². The van der Waals surface area contributed by atoms with Crippen LogP contribution in [0.15, 0.2) is 48.5 Å². The number of carboxylic acids is 1. The fourth-order valence-corrected chi connectivity index (χ4v) is 4.39. The third kappa shape index (κ3) is 4.67. The summed E-state index contributed by atoms with van der Waals surface area (Å²) in [6.07, 6.45) is -1.10. The summed E-state index contributed by atoms with van der Waals surface area (Å²) in [6.45, 7) is 0.528. The number of aliphatic carboxylic acids is 1. The van der Waals surface area contributed by atoms with Crippen LogP contribution in [0.3, 0.4) is 0 Å². The zero-order valence-electron chi connectivity index (χ0n) is 18.1. The number of likely N-dealkylation sites (N-methyl/N-ethyl adjacent to an activating group) is 1. The number of carbonyl (C=O) groups excluding carboxylic acids is 3. The highest BCUT2D eigenvalue weighted by Crippen LogP contribution is 2.44. The molecule has 2 unspecified atom stereocenters. The number of nitrogens with one attached hydrogen (secondary N) is 2. The summed E-state index contributed by atoms with van der Waals surface area (Å²) in [5, 5.41) is 14.0. The van der Waals surface area contributed by atoms with Crippen molar-refractivity contribution in [2.24, 2.45) is 0 Å². The Morgan fingerprint density at radius 3 is 2.24 bits per heavy atom. The van der Waals surface area contributed by atoms with Crippen LogP contribution < -0.4 is 10.6 Å². The molecule has 1 heterocycles. The Morgan fingerprint density at radius 2 is 1.70 bits per heavy atom. The molecule has 0 bridgehead atoms. The van der Waals surface area contributed by atoms with Gasteiger partial charge in [-0.05, 0) is 28.7 Å². The summed E-state index contributed by atoms with van der Waals surface area (Å²) in [4.78, 5) is 49.9. The molecule has 1 aliphatic heterocycles. The van der Waals surface area contributed by atoms with Crippen LogP contribution in [0, 0.1) is 0 Å². The van der Waals surface area contributed by atoms with Crippen molar-refractivity contribution >= 4 is 23.9 Å². The van der Waals surface area contributed by atoms with Gasteiger partial charge in [-0.25, -0.2) is 4.79 Å². The fraction of sp³-hybridized carbons (Fsp3) is 0.333. The summed E-state index contributed by atoms with van der Waals surface area (Å²) in [5.41, 5.74) is 4.23. The molecule has 0 radical (unpaired) electrons. The van der Waals surface area contributed by atoms with Gasteiger partial charge in [0.1, 0.15) is 18.7 Å². The summed E-state index contributed by atoms with van der Waals surface area (Å²) < 4.78 is 5.41. The molecule has 3 N–H and O–H groups in total. The van der Waals surface area contributed by atoms with Gasteiger partial charge in [-0.1, -0.05) is 48.5 Å². The largest absolute Gasteiger partial charge is 0.481 e. The van der Waals surface area contributed by atoms with E-state index in [1.54, 1.807) is 7.05 Å². The highest BCUT2D eigenvalue weighted by atomic mass is 16.5. The molecule has 0 aromatic heterocycles. The number of benzene rings is 2. The smallest absolute Gasteiger partial charge is 0.407 e. The van der Waals surface area contributed by atoms with E-state index in [-0.39, 0.29) is 18.4 Å². The minimum Gasteiger partial charge on any atom is -0.481 e. The number of ether oxygens (including phenoxy) is 1. The lowest BCUT2D eigenvalue weighted by molar-refractivity contribution is -0.140. The van der Waals surface area contributed by atoms with E-state index < -0.39 is 36.5 Å². The van der Waals surface area contributed by atoms with Crippen LogP contribution in [-0.4, -0.2) is 66.2 Å². The number of fused-ring (bicyclic) bond motifs is 3. The van der Waals surface area contributed by atoms with Crippen molar-refractivity contribution in [2.45, 2.75) is 30.8 Å². The maximum atomic E-state index is 12.6. The molecule has 9 nitrogen and oxygen atoms in total. The zero-order chi connectivity index (χ0) is 23.5. The van der Waals surface area contributed by atoms with E-state index in [0.29, 0.717) is 13.0 Å². The second-order valence-corrected chi connectivity index (χ2v) is 8.23. The third-order valence-electron chi connectivity index (χ3n) is 6.07. The van der Waals surface area contributed by atoms with Crippen molar-refractivity contribution in [3.8, 4) is 11.1 Å². The molecular weight excluding hydrogens is 426 g/mol. The molecule has 4 rings (SSSR count). The summed E-state index contributed by atoms with van der Waals surface area (Å²) >= 11 is 0. The van der Waals surface area contributed by atoms with Gasteiger partial charge in [0.15, 0.2) is 0 Å². The zero-order valence-corrected chi connectivity index (χ0v) is 18.1. The summed E-state index contributed by atoms with van der Waals surface area (Å²) in [6, 6.07) is 13.7. The van der Waals surface area contributed by atoms with Gasteiger partial charge in [0.05, 0.1) is 6.42 Å². The first-order valence-corrected chi connectivity index (χ1v) is 10.7. The predicted molar refractivity (Wildman–Crippen MR) is 118 cm³/mol. The molecule has 0 saturated carbocycles. The second-order valence-electron chi connectivity index (χ2n) is 8.23. The number of carbonyl (C=O) groups is 4. The SMILES string of the molecule is CN1CCC(NC(=O)C(CC(=O)O)NC(=O)OCC2c3ccccc3-c3ccccc32)C1=O. The molecule has 2 aliphatic rings. The Hall–Kier alpha value is -3.88. The van der Waals surface area contributed by atoms with Crippen molar-refractivity contribution in [1.82, 2.24) is 15.5 Å². The highest BCUT2D eigenvalue weighted by Gasteiger charge is 2.34. The summed E-state index contributed by atoms with van der Waals surface area (Å²) in [7, 11) is 1.62. The number of amides is 3. The van der Waals surface area contributed by atoms with Crippen LogP contribution in [0.1, 0.15) is 29.9 Å². The molecule has 2 aromatic carbocycles. The highest BCUT2D eigenvalue weighted by molar-refractivity contribution is 5.94. The van der Waals surface area contributed by atoms with Gasteiger partial charge in [0.2, 0.25) is 11.8 Å². The van der Waals surface area contributed by atoms with Crippen molar-refractivity contribution in [3.05, 3.63) is 59.7 Å². The number of hydrogen-bond donors (Lipinski definition) is 3. The fourth-order valence-electron chi connectivity index (χ4n) is 4.39. The average molecular weight is 451 g/mol. The number of likely N-dealkylation sites (tertiary alicyclic amines) is 1. The molecule has 33 heavy (non-hydrogen) atoms. The van der Waals surface area contributed by atoms with E-state index >= 15 is 0 Å². The molecule has 9 heteroatoms. The van der Waals surface area contributed by atoms with E-state index in [4.69, 9.17) is 4.74 Å². The summed E-state index contributed by atoms with van der Waals surface area (Å²) in [5.74, 6) is -2.41. The molecular formula is C24H25N3O6. The molecule has 3 amide bonds. The van der Waals surface area contributed by atoms with E-state index in [0.717, 1.165) is 22.3 Å². The minimum absolute atomic E-state index is 0.0349. The van der Waals surface area contributed by atoms with E-state index in [2.05, 4.69) is 10.6 Å². The Bertz CT molecular complexity index is 1060. The Labute approximate surface area is 190 Å². The lowest BCUT2D eigenvalue weighted by atomic mass is 9.98. The van der Waals surface area contributed by atoms with Gasteiger partial charge in [-0.15, -0.1) is 0 Å². The van der Waals surface area contributed by atoms with Crippen LogP contribution in [0.2, 0.25) is 0 Å². The van der Waals surface area contributed by atoms with E-state index in [1.165, 1.54) is 4.90 Å². The molecule has 2 atom stereocenters. The van der Waals surface area contributed by atoms with Crippen LogP contribution >= 0.6 is 0 Å². The minimum atomic E-state index is -1.36. The first-order chi connectivity index (χ1) is 15.8. The van der Waals surface area contributed by atoms with Gasteiger partial charge in [0, 0.05) is 19.5 Å². The first-order valence-electron chi connectivity index (χ1n) is 10.7. The number of alkyl carbamates (subject to hydrolysis) is 1. The Balaban J connectivity index is 1.40. The standard InChI is InChI=1S/C24H25N3O6/c1-27-11-10-19(23(27)31)25-22(30)20(12-21(28)29)26-24(32)33-13-18-16-8-4-2-6-14(16)15-7-3-5-9-17(15)18/h2-9,18-20H,10-13H2,1H3,(H,25,30)(H,26,32)(H,28,29). The van der Waals surface area contributed by atoms with E-state index in [1.807, 2.05) is 48.5 Å². The van der Waals surface area contributed by atoms with Gasteiger partial charge >= 0.3 is 12.1 Å². The lowest BCUT2D eigenvalue weighted by Crippen LogP contribution is -2.52. The van der Waals surface area contributed by atoms with Crippen molar-refractivity contribution in [3.63, 3.8) is 0 Å². The molecule has 2 aromatic rings. The van der Waals surface area contributed by atoms with Gasteiger partial charge in [0.25, 0.3) is 0 Å². The molecule has 1 aliphatic carbocycles. The third-order valence-corrected chi connectivity index (χ3v) is 6.07. The molecule has 172 valence electrons. The molecule has 1 saturated heterocycles. The maximum Gasteiger partial charge on any atom is 0.407 e. The predicted octanol–water partition coefficient (Wildman–Crippen LogP) is 1.72. The first kappa shape index (κ1) is 22.3. The average Bonchev–Trinajstić information content (AvgIpc) is 3.29. The van der Waals surface area contributed by atoms with Crippen LogP contribution in [0.25, 0.3) is 11.1 Å². The Kier molecular flexibility index (Phi) is 6.30.